The Hall–Kier alpha value is -1.72. The van der Waals surface area contributed by atoms with Crippen LogP contribution < -0.4 is 0 Å². The molecular formula is C20H24O4. The lowest BCUT2D eigenvalue weighted by Crippen LogP contribution is -2.48. The van der Waals surface area contributed by atoms with Gasteiger partial charge in [0.2, 0.25) is 0 Å². The molecule has 4 unspecified atom stereocenters. The zero-order valence-corrected chi connectivity index (χ0v) is 13.9. The van der Waals surface area contributed by atoms with E-state index >= 15 is 0 Å². The molecule has 3 rings (SSSR count). The van der Waals surface area contributed by atoms with Gasteiger partial charge >= 0.3 is 0 Å². The third-order valence-electron chi connectivity index (χ3n) is 4.27. The van der Waals surface area contributed by atoms with Crippen molar-refractivity contribution in [2.45, 2.75) is 51.2 Å². The first-order valence-electron chi connectivity index (χ1n) is 8.37. The Morgan fingerprint density at radius 1 is 0.875 bits per heavy atom. The van der Waals surface area contributed by atoms with Crippen molar-refractivity contribution in [3.05, 3.63) is 71.8 Å². The molecule has 1 saturated heterocycles. The van der Waals surface area contributed by atoms with Crippen LogP contribution in [0.4, 0.5) is 0 Å². The van der Waals surface area contributed by atoms with E-state index in [0.29, 0.717) is 19.6 Å². The molecule has 0 radical (unpaired) electrons. The van der Waals surface area contributed by atoms with Crippen molar-refractivity contribution in [1.29, 1.82) is 0 Å². The van der Waals surface area contributed by atoms with E-state index in [1.807, 2.05) is 67.6 Å². The van der Waals surface area contributed by atoms with Crippen molar-refractivity contribution < 1.29 is 19.3 Å². The van der Waals surface area contributed by atoms with Crippen molar-refractivity contribution in [2.75, 3.05) is 0 Å². The van der Waals surface area contributed by atoms with Crippen molar-refractivity contribution in [2.24, 2.45) is 0 Å². The van der Waals surface area contributed by atoms with Crippen LogP contribution in [0.25, 0.3) is 0 Å². The smallest absolute Gasteiger partial charge is 0.181 e. The fourth-order valence-electron chi connectivity index (χ4n) is 2.84. The molecule has 24 heavy (non-hydrogen) atoms. The first kappa shape index (κ1) is 17.1. The summed E-state index contributed by atoms with van der Waals surface area (Å²) in [5.41, 5.74) is 2.20. The van der Waals surface area contributed by atoms with Crippen molar-refractivity contribution >= 4 is 0 Å². The second kappa shape index (κ2) is 8.40. The van der Waals surface area contributed by atoms with Gasteiger partial charge in [0, 0.05) is 6.42 Å². The van der Waals surface area contributed by atoms with E-state index in [1.165, 1.54) is 0 Å². The Kier molecular flexibility index (Phi) is 5.99. The number of aliphatic hydroxyl groups is 1. The Labute approximate surface area is 143 Å². The van der Waals surface area contributed by atoms with Gasteiger partial charge in [-0.3, -0.25) is 0 Å². The third kappa shape index (κ3) is 4.65. The van der Waals surface area contributed by atoms with Crippen molar-refractivity contribution in [3.8, 4) is 0 Å². The van der Waals surface area contributed by atoms with Crippen LogP contribution in [0.2, 0.25) is 0 Å². The predicted molar refractivity (Wildman–Crippen MR) is 91.2 cm³/mol. The lowest BCUT2D eigenvalue weighted by atomic mass is 10.0. The fourth-order valence-corrected chi connectivity index (χ4v) is 2.84. The Morgan fingerprint density at radius 2 is 1.38 bits per heavy atom. The maximum absolute atomic E-state index is 10.1. The highest BCUT2D eigenvalue weighted by Gasteiger charge is 2.36. The molecule has 0 spiro atoms. The summed E-state index contributed by atoms with van der Waals surface area (Å²) in [5.74, 6) is 0. The van der Waals surface area contributed by atoms with Gasteiger partial charge < -0.3 is 19.3 Å². The fraction of sp³-hybridized carbons (Fsp3) is 0.400. The molecule has 4 atom stereocenters. The van der Waals surface area contributed by atoms with E-state index < -0.39 is 6.29 Å². The van der Waals surface area contributed by atoms with Crippen LogP contribution in [0.1, 0.15) is 24.5 Å². The molecule has 4 nitrogen and oxygen atoms in total. The molecule has 1 fully saturated rings. The monoisotopic (exact) mass is 328 g/mol. The quantitative estimate of drug-likeness (QED) is 0.884. The number of ether oxygens (including phenoxy) is 3. The molecule has 4 heteroatoms. The highest BCUT2D eigenvalue weighted by molar-refractivity contribution is 5.14. The molecule has 1 heterocycles. The van der Waals surface area contributed by atoms with Crippen LogP contribution in [-0.2, 0) is 27.4 Å². The molecular weight excluding hydrogens is 304 g/mol. The van der Waals surface area contributed by atoms with Gasteiger partial charge in [-0.1, -0.05) is 60.7 Å². The van der Waals surface area contributed by atoms with E-state index in [0.717, 1.165) is 11.1 Å². The minimum absolute atomic E-state index is 0.102. The standard InChI is InChI=1S/C20H24O4/c1-15-18(22-13-16-8-4-2-5-9-16)12-19(20(21)24-15)23-14-17-10-6-3-7-11-17/h2-11,15,18-21H,12-14H2,1H3. The Bertz CT molecular complexity index is 548. The van der Waals surface area contributed by atoms with E-state index in [9.17, 15) is 5.11 Å². The molecule has 1 aliphatic rings. The number of hydrogen-bond donors (Lipinski definition) is 1. The molecule has 0 aromatic heterocycles. The number of rotatable bonds is 6. The van der Waals surface area contributed by atoms with Crippen LogP contribution in [0.3, 0.4) is 0 Å². The molecule has 1 aliphatic heterocycles. The average molecular weight is 328 g/mol. The second-order valence-corrected chi connectivity index (χ2v) is 6.14. The van der Waals surface area contributed by atoms with Gasteiger partial charge in [0.25, 0.3) is 0 Å². The normalized spacial score (nSPS) is 27.1. The molecule has 128 valence electrons. The SMILES string of the molecule is CC1OC(O)C(OCc2ccccc2)CC1OCc1ccccc1. The average Bonchev–Trinajstić information content (AvgIpc) is 2.62. The molecule has 2 aromatic rings. The van der Waals surface area contributed by atoms with Crippen LogP contribution in [0.15, 0.2) is 60.7 Å². The summed E-state index contributed by atoms with van der Waals surface area (Å²) in [5, 5.41) is 10.1. The molecule has 0 amide bonds. The van der Waals surface area contributed by atoms with Gasteiger partial charge in [-0.2, -0.15) is 0 Å². The number of aliphatic hydroxyl groups excluding tert-OH is 1. The van der Waals surface area contributed by atoms with Crippen LogP contribution >= 0.6 is 0 Å². The van der Waals surface area contributed by atoms with E-state index in [4.69, 9.17) is 14.2 Å². The van der Waals surface area contributed by atoms with Gasteiger partial charge in [-0.05, 0) is 18.1 Å². The number of benzene rings is 2. The largest absolute Gasteiger partial charge is 0.371 e. The minimum atomic E-state index is -0.916. The maximum atomic E-state index is 10.1. The van der Waals surface area contributed by atoms with Crippen LogP contribution in [0, 0.1) is 0 Å². The summed E-state index contributed by atoms with van der Waals surface area (Å²) in [6.45, 7) is 2.90. The van der Waals surface area contributed by atoms with E-state index in [2.05, 4.69) is 0 Å². The third-order valence-corrected chi connectivity index (χ3v) is 4.27. The van der Waals surface area contributed by atoms with Gasteiger partial charge in [0.1, 0.15) is 6.10 Å². The summed E-state index contributed by atoms with van der Waals surface area (Å²) in [4.78, 5) is 0. The van der Waals surface area contributed by atoms with Gasteiger partial charge in [0.15, 0.2) is 6.29 Å². The molecule has 1 N–H and O–H groups in total. The zero-order valence-electron chi connectivity index (χ0n) is 13.9. The molecule has 0 aliphatic carbocycles. The van der Waals surface area contributed by atoms with Gasteiger partial charge in [-0.25, -0.2) is 0 Å². The van der Waals surface area contributed by atoms with E-state index in [-0.39, 0.29) is 18.3 Å². The lowest BCUT2D eigenvalue weighted by Gasteiger charge is -2.37. The summed E-state index contributed by atoms with van der Waals surface area (Å²) < 4.78 is 17.4. The van der Waals surface area contributed by atoms with Gasteiger partial charge in [-0.15, -0.1) is 0 Å². The molecule has 0 saturated carbocycles. The minimum Gasteiger partial charge on any atom is -0.371 e. The lowest BCUT2D eigenvalue weighted by molar-refractivity contribution is -0.262. The van der Waals surface area contributed by atoms with Crippen LogP contribution in [0.5, 0.6) is 0 Å². The highest BCUT2D eigenvalue weighted by Crippen LogP contribution is 2.25. The molecule has 2 aromatic carbocycles. The Morgan fingerprint density at radius 3 is 1.92 bits per heavy atom. The second-order valence-electron chi connectivity index (χ2n) is 6.14. The summed E-state index contributed by atoms with van der Waals surface area (Å²) in [6.07, 6.45) is -0.959. The van der Waals surface area contributed by atoms with Crippen molar-refractivity contribution in [1.82, 2.24) is 0 Å². The summed E-state index contributed by atoms with van der Waals surface area (Å²) in [6, 6.07) is 20.0. The topological polar surface area (TPSA) is 47.9 Å². The highest BCUT2D eigenvalue weighted by atomic mass is 16.7. The first-order valence-corrected chi connectivity index (χ1v) is 8.37. The first-order chi connectivity index (χ1) is 11.7. The molecule has 0 bridgehead atoms. The maximum Gasteiger partial charge on any atom is 0.181 e. The van der Waals surface area contributed by atoms with Crippen molar-refractivity contribution in [3.63, 3.8) is 0 Å². The van der Waals surface area contributed by atoms with Gasteiger partial charge in [0.05, 0.1) is 25.4 Å². The number of hydrogen-bond acceptors (Lipinski definition) is 4. The Balaban J connectivity index is 1.53. The zero-order chi connectivity index (χ0) is 16.8. The van der Waals surface area contributed by atoms with E-state index in [1.54, 1.807) is 0 Å². The summed E-state index contributed by atoms with van der Waals surface area (Å²) in [7, 11) is 0. The summed E-state index contributed by atoms with van der Waals surface area (Å²) >= 11 is 0. The predicted octanol–water partition coefficient (Wildman–Crippen LogP) is 3.28. The van der Waals surface area contributed by atoms with Crippen LogP contribution in [-0.4, -0.2) is 29.7 Å².